The first-order valence-corrected chi connectivity index (χ1v) is 5.67. The van der Waals surface area contributed by atoms with Crippen LogP contribution in [-0.2, 0) is 13.5 Å². The normalized spacial score (nSPS) is 12.4. The summed E-state index contributed by atoms with van der Waals surface area (Å²) in [5, 5.41) is 4.18. The van der Waals surface area contributed by atoms with Crippen molar-refractivity contribution in [2.75, 3.05) is 7.11 Å². The van der Waals surface area contributed by atoms with E-state index in [2.05, 4.69) is 15.5 Å². The third-order valence-electron chi connectivity index (χ3n) is 2.86. The van der Waals surface area contributed by atoms with Gasteiger partial charge in [0.25, 0.3) is 0 Å². The van der Waals surface area contributed by atoms with E-state index in [-0.39, 0.29) is 6.04 Å². The number of nitrogens with two attached hydrogens (primary N) is 1. The minimum atomic E-state index is -0.0725. The molecule has 2 aromatic rings. The standard InChI is InChI=1S/C12H17N5O/c1-17-12(11(18-2)8-15-17)10(16-13)6-9-4-3-5-14-7-9/h3-5,7-8,10,16H,6,13H2,1-2H3. The molecule has 0 aliphatic rings. The first kappa shape index (κ1) is 12.5. The average molecular weight is 247 g/mol. The molecule has 6 heteroatoms. The molecule has 96 valence electrons. The number of nitrogens with one attached hydrogen (secondary N) is 1. The fourth-order valence-corrected chi connectivity index (χ4v) is 1.97. The molecule has 0 aliphatic carbocycles. The minimum absolute atomic E-state index is 0.0725. The number of hydrogen-bond donors (Lipinski definition) is 2. The Morgan fingerprint density at radius 3 is 2.94 bits per heavy atom. The van der Waals surface area contributed by atoms with Crippen molar-refractivity contribution in [2.24, 2.45) is 12.9 Å². The van der Waals surface area contributed by atoms with Crippen LogP contribution < -0.4 is 16.0 Å². The topological polar surface area (TPSA) is 78.0 Å². The van der Waals surface area contributed by atoms with E-state index in [0.717, 1.165) is 23.4 Å². The zero-order chi connectivity index (χ0) is 13.0. The van der Waals surface area contributed by atoms with Gasteiger partial charge in [0.05, 0.1) is 25.0 Å². The summed E-state index contributed by atoms with van der Waals surface area (Å²) >= 11 is 0. The fraction of sp³-hybridized carbons (Fsp3) is 0.333. The quantitative estimate of drug-likeness (QED) is 0.596. The molecule has 0 saturated carbocycles. The van der Waals surface area contributed by atoms with Crippen molar-refractivity contribution in [2.45, 2.75) is 12.5 Å². The highest BCUT2D eigenvalue weighted by Crippen LogP contribution is 2.26. The number of ether oxygens (including phenoxy) is 1. The van der Waals surface area contributed by atoms with Crippen molar-refractivity contribution in [3.63, 3.8) is 0 Å². The van der Waals surface area contributed by atoms with Crippen LogP contribution in [0.3, 0.4) is 0 Å². The van der Waals surface area contributed by atoms with Crippen LogP contribution in [0.25, 0.3) is 0 Å². The van der Waals surface area contributed by atoms with Crippen molar-refractivity contribution in [1.82, 2.24) is 20.2 Å². The van der Waals surface area contributed by atoms with Crippen LogP contribution in [0.2, 0.25) is 0 Å². The Morgan fingerprint density at radius 2 is 2.33 bits per heavy atom. The number of nitrogens with zero attached hydrogens (tertiary/aromatic N) is 3. The molecule has 1 unspecified atom stereocenters. The molecule has 18 heavy (non-hydrogen) atoms. The predicted molar refractivity (Wildman–Crippen MR) is 67.8 cm³/mol. The maximum Gasteiger partial charge on any atom is 0.161 e. The van der Waals surface area contributed by atoms with E-state index < -0.39 is 0 Å². The minimum Gasteiger partial charge on any atom is -0.493 e. The second-order valence-electron chi connectivity index (χ2n) is 4.01. The van der Waals surface area contributed by atoms with E-state index in [1.54, 1.807) is 24.2 Å². The Labute approximate surface area is 106 Å². The Balaban J connectivity index is 2.25. The zero-order valence-corrected chi connectivity index (χ0v) is 10.5. The van der Waals surface area contributed by atoms with Crippen LogP contribution in [0, 0.1) is 0 Å². The van der Waals surface area contributed by atoms with Gasteiger partial charge in [0, 0.05) is 19.4 Å². The third-order valence-corrected chi connectivity index (χ3v) is 2.86. The van der Waals surface area contributed by atoms with Gasteiger partial charge in [-0.1, -0.05) is 6.07 Å². The molecule has 6 nitrogen and oxygen atoms in total. The summed E-state index contributed by atoms with van der Waals surface area (Å²) in [4.78, 5) is 4.10. The maximum atomic E-state index is 5.64. The summed E-state index contributed by atoms with van der Waals surface area (Å²) in [6.45, 7) is 0. The van der Waals surface area contributed by atoms with Gasteiger partial charge in [-0.05, 0) is 18.1 Å². The van der Waals surface area contributed by atoms with Gasteiger partial charge >= 0.3 is 0 Å². The maximum absolute atomic E-state index is 5.64. The lowest BCUT2D eigenvalue weighted by Crippen LogP contribution is -2.31. The van der Waals surface area contributed by atoms with Gasteiger partial charge in [-0.2, -0.15) is 5.10 Å². The van der Waals surface area contributed by atoms with Crippen molar-refractivity contribution in [1.29, 1.82) is 0 Å². The number of pyridine rings is 1. The molecule has 0 aromatic carbocycles. The molecule has 2 aromatic heterocycles. The van der Waals surface area contributed by atoms with E-state index in [1.807, 2.05) is 25.4 Å². The van der Waals surface area contributed by atoms with Gasteiger partial charge in [-0.25, -0.2) is 0 Å². The molecule has 0 spiro atoms. The average Bonchev–Trinajstić information content (AvgIpc) is 2.78. The van der Waals surface area contributed by atoms with Gasteiger partial charge in [-0.15, -0.1) is 0 Å². The number of aryl methyl sites for hydroxylation is 1. The number of hydrazine groups is 1. The van der Waals surface area contributed by atoms with Gasteiger partial charge in [0.1, 0.15) is 0 Å². The molecule has 3 N–H and O–H groups in total. The highest BCUT2D eigenvalue weighted by atomic mass is 16.5. The molecule has 0 amide bonds. The lowest BCUT2D eigenvalue weighted by Gasteiger charge is -2.17. The number of hydrogen-bond acceptors (Lipinski definition) is 5. The zero-order valence-electron chi connectivity index (χ0n) is 10.5. The van der Waals surface area contributed by atoms with E-state index in [9.17, 15) is 0 Å². The molecule has 2 rings (SSSR count). The van der Waals surface area contributed by atoms with Gasteiger partial charge in [0.2, 0.25) is 0 Å². The Hall–Kier alpha value is -1.92. The van der Waals surface area contributed by atoms with Crippen LogP contribution in [0.1, 0.15) is 17.3 Å². The van der Waals surface area contributed by atoms with Crippen molar-refractivity contribution < 1.29 is 4.74 Å². The molecule has 0 bridgehead atoms. The van der Waals surface area contributed by atoms with Crippen LogP contribution in [0.4, 0.5) is 0 Å². The van der Waals surface area contributed by atoms with Crippen molar-refractivity contribution in [3.8, 4) is 5.75 Å². The summed E-state index contributed by atoms with van der Waals surface area (Å²) in [7, 11) is 3.49. The number of methoxy groups -OCH3 is 1. The van der Waals surface area contributed by atoms with Crippen molar-refractivity contribution >= 4 is 0 Å². The lowest BCUT2D eigenvalue weighted by molar-refractivity contribution is 0.394. The highest BCUT2D eigenvalue weighted by molar-refractivity contribution is 5.29. The molecular weight excluding hydrogens is 230 g/mol. The summed E-state index contributed by atoms with van der Waals surface area (Å²) in [6, 6.07) is 3.85. The largest absolute Gasteiger partial charge is 0.493 e. The monoisotopic (exact) mass is 247 g/mol. The molecule has 2 heterocycles. The lowest BCUT2D eigenvalue weighted by atomic mass is 10.1. The number of aromatic nitrogens is 3. The predicted octanol–water partition coefficient (Wildman–Crippen LogP) is 0.571. The van der Waals surface area contributed by atoms with Gasteiger partial charge < -0.3 is 4.74 Å². The first-order valence-electron chi connectivity index (χ1n) is 5.67. The molecule has 1 atom stereocenters. The Bertz CT molecular complexity index is 496. The van der Waals surface area contributed by atoms with Crippen LogP contribution in [-0.4, -0.2) is 21.9 Å². The highest BCUT2D eigenvalue weighted by Gasteiger charge is 2.19. The second kappa shape index (κ2) is 5.61. The molecule has 0 aliphatic heterocycles. The third kappa shape index (κ3) is 2.49. The van der Waals surface area contributed by atoms with Crippen LogP contribution in [0.5, 0.6) is 5.75 Å². The molecular formula is C12H17N5O. The smallest absolute Gasteiger partial charge is 0.161 e. The van der Waals surface area contributed by atoms with Gasteiger partial charge in [-0.3, -0.25) is 20.9 Å². The van der Waals surface area contributed by atoms with E-state index in [0.29, 0.717) is 0 Å². The van der Waals surface area contributed by atoms with Gasteiger partial charge in [0.15, 0.2) is 5.75 Å². The fourth-order valence-electron chi connectivity index (χ4n) is 1.97. The van der Waals surface area contributed by atoms with Crippen LogP contribution in [0.15, 0.2) is 30.7 Å². The second-order valence-corrected chi connectivity index (χ2v) is 4.01. The summed E-state index contributed by atoms with van der Waals surface area (Å²) in [5.41, 5.74) is 4.82. The summed E-state index contributed by atoms with van der Waals surface area (Å²) < 4.78 is 7.06. The van der Waals surface area contributed by atoms with E-state index in [4.69, 9.17) is 10.6 Å². The number of rotatable bonds is 5. The van der Waals surface area contributed by atoms with E-state index in [1.165, 1.54) is 0 Å². The molecule has 0 fully saturated rings. The summed E-state index contributed by atoms with van der Waals surface area (Å²) in [6.07, 6.45) is 5.98. The molecule has 0 radical (unpaired) electrons. The van der Waals surface area contributed by atoms with E-state index >= 15 is 0 Å². The Kier molecular flexibility index (Phi) is 3.91. The first-order chi connectivity index (χ1) is 8.76. The summed E-state index contributed by atoms with van der Waals surface area (Å²) in [5.74, 6) is 6.36. The SMILES string of the molecule is COc1cnn(C)c1C(Cc1cccnc1)NN. The Morgan fingerprint density at radius 1 is 1.50 bits per heavy atom. The molecule has 0 saturated heterocycles. The van der Waals surface area contributed by atoms with Crippen molar-refractivity contribution in [3.05, 3.63) is 42.0 Å². The van der Waals surface area contributed by atoms with Crippen LogP contribution >= 0.6 is 0 Å².